The molecule has 0 unspecified atom stereocenters. The normalized spacial score (nSPS) is 10.5. The fourth-order valence-corrected chi connectivity index (χ4v) is 2.38. The van der Waals surface area contributed by atoms with Gasteiger partial charge >= 0.3 is 6.16 Å². The van der Waals surface area contributed by atoms with E-state index in [4.69, 9.17) is 14.6 Å². The van der Waals surface area contributed by atoms with Crippen LogP contribution in [0.15, 0.2) is 24.3 Å². The monoisotopic (exact) mass is 322 g/mol. The summed E-state index contributed by atoms with van der Waals surface area (Å²) in [5, 5.41) is 9.13. The standard InChI is InChI=1S/C19H30O4/c1-2-3-4-5-6-7-8-9-10-11-16-22-19(21)23-18-14-12-17(20)13-15-18/h12-15,20H,2-11,16H2,1H3. The Bertz CT molecular complexity index is 414. The highest BCUT2D eigenvalue weighted by Crippen LogP contribution is 2.16. The van der Waals surface area contributed by atoms with Crippen LogP contribution in [0.2, 0.25) is 0 Å². The Morgan fingerprint density at radius 1 is 0.870 bits per heavy atom. The summed E-state index contributed by atoms with van der Waals surface area (Å²) in [4.78, 5) is 11.5. The topological polar surface area (TPSA) is 55.8 Å². The van der Waals surface area contributed by atoms with Gasteiger partial charge in [0.05, 0.1) is 6.61 Å². The molecule has 1 N–H and O–H groups in total. The van der Waals surface area contributed by atoms with E-state index in [1.807, 2.05) is 0 Å². The zero-order valence-corrected chi connectivity index (χ0v) is 14.3. The molecule has 1 rings (SSSR count). The predicted molar refractivity (Wildman–Crippen MR) is 91.9 cm³/mol. The molecule has 0 amide bonds. The average molecular weight is 322 g/mol. The van der Waals surface area contributed by atoms with Gasteiger partial charge in [0.2, 0.25) is 0 Å². The maximum absolute atomic E-state index is 11.5. The maximum atomic E-state index is 11.5. The summed E-state index contributed by atoms with van der Waals surface area (Å²) in [6, 6.07) is 5.98. The van der Waals surface area contributed by atoms with Gasteiger partial charge in [-0.25, -0.2) is 4.79 Å². The van der Waals surface area contributed by atoms with E-state index in [1.54, 1.807) is 0 Å². The summed E-state index contributed by atoms with van der Waals surface area (Å²) >= 11 is 0. The Labute approximate surface area is 139 Å². The summed E-state index contributed by atoms with van der Waals surface area (Å²) < 4.78 is 10.0. The molecular weight excluding hydrogens is 292 g/mol. The van der Waals surface area contributed by atoms with Crippen molar-refractivity contribution in [2.75, 3.05) is 6.61 Å². The van der Waals surface area contributed by atoms with Crippen LogP contribution in [-0.2, 0) is 4.74 Å². The minimum Gasteiger partial charge on any atom is -0.508 e. The highest BCUT2D eigenvalue weighted by Gasteiger charge is 2.05. The van der Waals surface area contributed by atoms with E-state index in [0.29, 0.717) is 12.4 Å². The molecule has 23 heavy (non-hydrogen) atoms. The number of rotatable bonds is 12. The van der Waals surface area contributed by atoms with E-state index < -0.39 is 6.16 Å². The van der Waals surface area contributed by atoms with E-state index in [2.05, 4.69) is 6.92 Å². The van der Waals surface area contributed by atoms with Crippen molar-refractivity contribution in [2.24, 2.45) is 0 Å². The minimum atomic E-state index is -0.688. The van der Waals surface area contributed by atoms with Crippen molar-refractivity contribution in [3.63, 3.8) is 0 Å². The molecule has 1 aromatic carbocycles. The van der Waals surface area contributed by atoms with Gasteiger partial charge in [0.25, 0.3) is 0 Å². The molecule has 0 spiro atoms. The molecule has 130 valence electrons. The van der Waals surface area contributed by atoms with Crippen LogP contribution in [-0.4, -0.2) is 17.9 Å². The lowest BCUT2D eigenvalue weighted by molar-refractivity contribution is 0.0972. The molecule has 0 bridgehead atoms. The van der Waals surface area contributed by atoms with Crippen LogP contribution in [0.4, 0.5) is 4.79 Å². The first-order valence-corrected chi connectivity index (χ1v) is 8.86. The van der Waals surface area contributed by atoms with E-state index >= 15 is 0 Å². The highest BCUT2D eigenvalue weighted by molar-refractivity contribution is 5.63. The van der Waals surface area contributed by atoms with Gasteiger partial charge in [-0.05, 0) is 30.7 Å². The molecular formula is C19H30O4. The number of unbranched alkanes of at least 4 members (excludes halogenated alkanes) is 9. The second kappa shape index (κ2) is 12.8. The summed E-state index contributed by atoms with van der Waals surface area (Å²) in [6.45, 7) is 2.63. The van der Waals surface area contributed by atoms with Gasteiger partial charge in [-0.3, -0.25) is 0 Å². The van der Waals surface area contributed by atoms with Crippen molar-refractivity contribution >= 4 is 6.16 Å². The number of carbonyl (C=O) groups excluding carboxylic acids is 1. The molecule has 0 heterocycles. The Morgan fingerprint density at radius 2 is 1.39 bits per heavy atom. The SMILES string of the molecule is CCCCCCCCCCCCOC(=O)Oc1ccc(O)cc1. The molecule has 0 saturated heterocycles. The predicted octanol–water partition coefficient (Wildman–Crippen LogP) is 5.83. The zero-order chi connectivity index (χ0) is 16.8. The Morgan fingerprint density at radius 3 is 1.96 bits per heavy atom. The number of carbonyl (C=O) groups is 1. The molecule has 0 atom stereocenters. The van der Waals surface area contributed by atoms with Gasteiger partial charge in [0.15, 0.2) is 0 Å². The molecule has 0 aromatic heterocycles. The molecule has 1 aromatic rings. The van der Waals surface area contributed by atoms with Crippen molar-refractivity contribution in [1.82, 2.24) is 0 Å². The molecule has 0 aliphatic heterocycles. The number of hydrogen-bond donors (Lipinski definition) is 1. The second-order valence-electron chi connectivity index (χ2n) is 5.88. The van der Waals surface area contributed by atoms with Gasteiger partial charge < -0.3 is 14.6 Å². The average Bonchev–Trinajstić information content (AvgIpc) is 2.55. The summed E-state index contributed by atoms with van der Waals surface area (Å²) in [5.74, 6) is 0.506. The lowest BCUT2D eigenvalue weighted by Crippen LogP contribution is -2.11. The summed E-state index contributed by atoms with van der Waals surface area (Å²) in [6.07, 6.45) is 11.8. The quantitative estimate of drug-likeness (QED) is 0.299. The number of hydrogen-bond acceptors (Lipinski definition) is 4. The van der Waals surface area contributed by atoms with E-state index in [0.717, 1.165) is 12.8 Å². The van der Waals surface area contributed by atoms with Gasteiger partial charge in [-0.2, -0.15) is 0 Å². The first-order chi connectivity index (χ1) is 11.2. The number of benzene rings is 1. The fraction of sp³-hybridized carbons (Fsp3) is 0.632. The third-order valence-electron chi connectivity index (χ3n) is 3.76. The van der Waals surface area contributed by atoms with Crippen LogP contribution in [0.1, 0.15) is 71.1 Å². The number of aromatic hydroxyl groups is 1. The van der Waals surface area contributed by atoms with Crippen LogP contribution >= 0.6 is 0 Å². The van der Waals surface area contributed by atoms with Crippen LogP contribution < -0.4 is 4.74 Å². The van der Waals surface area contributed by atoms with Crippen molar-refractivity contribution in [3.8, 4) is 11.5 Å². The van der Waals surface area contributed by atoms with E-state index in [1.165, 1.54) is 75.6 Å². The van der Waals surface area contributed by atoms with E-state index in [-0.39, 0.29) is 5.75 Å². The maximum Gasteiger partial charge on any atom is 0.513 e. The molecule has 4 heteroatoms. The summed E-state index contributed by atoms with van der Waals surface area (Å²) in [7, 11) is 0. The lowest BCUT2D eigenvalue weighted by atomic mass is 10.1. The molecule has 4 nitrogen and oxygen atoms in total. The number of ether oxygens (including phenoxy) is 2. The number of phenols is 1. The lowest BCUT2D eigenvalue weighted by Gasteiger charge is -2.06. The van der Waals surface area contributed by atoms with E-state index in [9.17, 15) is 4.79 Å². The smallest absolute Gasteiger partial charge is 0.508 e. The summed E-state index contributed by atoms with van der Waals surface area (Å²) in [5.41, 5.74) is 0. The van der Waals surface area contributed by atoms with Crippen LogP contribution in [0, 0.1) is 0 Å². The van der Waals surface area contributed by atoms with Crippen molar-refractivity contribution in [1.29, 1.82) is 0 Å². The van der Waals surface area contributed by atoms with Crippen molar-refractivity contribution < 1.29 is 19.4 Å². The first-order valence-electron chi connectivity index (χ1n) is 8.86. The number of phenolic OH excluding ortho intramolecular Hbond substituents is 1. The first kappa shape index (κ1) is 19.3. The Hall–Kier alpha value is -1.71. The molecule has 0 aliphatic carbocycles. The largest absolute Gasteiger partial charge is 0.513 e. The Balaban J connectivity index is 1.90. The Kier molecular flexibility index (Phi) is 10.8. The van der Waals surface area contributed by atoms with Crippen LogP contribution in [0.5, 0.6) is 11.5 Å². The molecule has 0 saturated carbocycles. The van der Waals surface area contributed by atoms with Crippen LogP contribution in [0.25, 0.3) is 0 Å². The minimum absolute atomic E-state index is 0.135. The third kappa shape index (κ3) is 10.6. The van der Waals surface area contributed by atoms with Gasteiger partial charge in [-0.15, -0.1) is 0 Å². The second-order valence-corrected chi connectivity index (χ2v) is 5.88. The fourth-order valence-electron chi connectivity index (χ4n) is 2.38. The van der Waals surface area contributed by atoms with Crippen molar-refractivity contribution in [3.05, 3.63) is 24.3 Å². The van der Waals surface area contributed by atoms with Gasteiger partial charge in [0.1, 0.15) is 11.5 Å². The highest BCUT2D eigenvalue weighted by atomic mass is 16.7. The van der Waals surface area contributed by atoms with Gasteiger partial charge in [0, 0.05) is 0 Å². The molecule has 0 aliphatic rings. The zero-order valence-electron chi connectivity index (χ0n) is 14.3. The van der Waals surface area contributed by atoms with Crippen LogP contribution in [0.3, 0.4) is 0 Å². The van der Waals surface area contributed by atoms with Crippen molar-refractivity contribution in [2.45, 2.75) is 71.1 Å². The molecule has 0 fully saturated rings. The molecule has 0 radical (unpaired) electrons. The third-order valence-corrected chi connectivity index (χ3v) is 3.76. The van der Waals surface area contributed by atoms with Gasteiger partial charge in [-0.1, -0.05) is 64.7 Å².